The first-order chi connectivity index (χ1) is 8.89. The molecule has 0 saturated carbocycles. The summed E-state index contributed by atoms with van der Waals surface area (Å²) in [7, 11) is 2.70. The quantitative estimate of drug-likeness (QED) is 0.755. The van der Waals surface area contributed by atoms with Gasteiger partial charge in [0.2, 0.25) is 0 Å². The second kappa shape index (κ2) is 5.90. The van der Waals surface area contributed by atoms with Crippen molar-refractivity contribution in [3.63, 3.8) is 0 Å². The second-order valence-corrected chi connectivity index (χ2v) is 4.66. The Labute approximate surface area is 112 Å². The lowest BCUT2D eigenvalue weighted by atomic mass is 9.93. The molecule has 1 rings (SSSR count). The van der Waals surface area contributed by atoms with Gasteiger partial charge in [-0.05, 0) is 19.3 Å². The van der Waals surface area contributed by atoms with Crippen LogP contribution < -0.4 is 0 Å². The summed E-state index contributed by atoms with van der Waals surface area (Å²) in [4.78, 5) is 37.4. The van der Waals surface area contributed by atoms with E-state index in [4.69, 9.17) is 0 Å². The fourth-order valence-corrected chi connectivity index (χ4v) is 2.43. The number of aliphatic carboxylic acids is 1. The highest BCUT2D eigenvalue weighted by Gasteiger charge is 2.49. The minimum Gasteiger partial charge on any atom is -0.479 e. The number of carboxylic acid groups (broad SMARTS) is 1. The van der Waals surface area contributed by atoms with Crippen LogP contribution in [0.5, 0.6) is 0 Å². The molecule has 1 fully saturated rings. The average molecular weight is 272 g/mol. The summed E-state index contributed by atoms with van der Waals surface area (Å²) in [5.74, 6) is -1.53. The van der Waals surface area contributed by atoms with Crippen molar-refractivity contribution in [1.29, 1.82) is 0 Å². The number of methoxy groups -OCH3 is 1. The van der Waals surface area contributed by atoms with E-state index in [1.807, 2.05) is 0 Å². The summed E-state index contributed by atoms with van der Waals surface area (Å²) in [5.41, 5.74) is -1.15. The predicted molar refractivity (Wildman–Crippen MR) is 66.6 cm³/mol. The van der Waals surface area contributed by atoms with Gasteiger partial charge < -0.3 is 19.6 Å². The van der Waals surface area contributed by atoms with Crippen LogP contribution in [0.15, 0.2) is 0 Å². The number of amides is 2. The minimum absolute atomic E-state index is 0.189. The number of likely N-dealkylation sites (tertiary alicyclic amines) is 1. The smallest absolute Gasteiger partial charge is 0.329 e. The van der Waals surface area contributed by atoms with E-state index in [-0.39, 0.29) is 6.54 Å². The Morgan fingerprint density at radius 1 is 1.42 bits per heavy atom. The van der Waals surface area contributed by atoms with E-state index < -0.39 is 23.5 Å². The van der Waals surface area contributed by atoms with Crippen molar-refractivity contribution in [2.75, 3.05) is 27.2 Å². The van der Waals surface area contributed by atoms with Gasteiger partial charge in [0, 0.05) is 13.6 Å². The lowest BCUT2D eigenvalue weighted by Gasteiger charge is -2.36. The van der Waals surface area contributed by atoms with Gasteiger partial charge >= 0.3 is 18.0 Å². The SMILES string of the molecule is CCC1(C(=O)O)CCCN1C(=O)N(C)CC(=O)OC. The van der Waals surface area contributed by atoms with E-state index in [1.54, 1.807) is 6.92 Å². The molecular weight excluding hydrogens is 252 g/mol. The minimum atomic E-state index is -1.15. The van der Waals surface area contributed by atoms with E-state index in [2.05, 4.69) is 4.74 Å². The number of esters is 1. The van der Waals surface area contributed by atoms with Crippen LogP contribution in [0.4, 0.5) is 4.79 Å². The van der Waals surface area contributed by atoms with Gasteiger partial charge in [0.25, 0.3) is 0 Å². The number of nitrogens with zero attached hydrogens (tertiary/aromatic N) is 2. The number of ether oxygens (including phenoxy) is 1. The molecule has 1 atom stereocenters. The van der Waals surface area contributed by atoms with Gasteiger partial charge in [0.1, 0.15) is 12.1 Å². The van der Waals surface area contributed by atoms with Crippen LogP contribution in [-0.2, 0) is 14.3 Å². The van der Waals surface area contributed by atoms with E-state index >= 15 is 0 Å². The average Bonchev–Trinajstić information content (AvgIpc) is 2.82. The highest BCUT2D eigenvalue weighted by molar-refractivity contribution is 5.88. The first-order valence-electron chi connectivity index (χ1n) is 6.22. The Morgan fingerprint density at radius 3 is 2.53 bits per heavy atom. The Balaban J connectivity index is 2.85. The number of likely N-dealkylation sites (N-methyl/N-ethyl adjacent to an activating group) is 1. The van der Waals surface area contributed by atoms with Gasteiger partial charge in [-0.2, -0.15) is 0 Å². The van der Waals surface area contributed by atoms with Crippen molar-refractivity contribution < 1.29 is 24.2 Å². The number of carbonyl (C=O) groups excluding carboxylic acids is 2. The highest BCUT2D eigenvalue weighted by Crippen LogP contribution is 2.33. The standard InChI is InChI=1S/C12H20N2O5/c1-4-12(10(16)17)6-5-7-14(12)11(18)13(2)8-9(15)19-3/h4-8H2,1-3H3,(H,16,17). The zero-order valence-corrected chi connectivity index (χ0v) is 11.5. The predicted octanol–water partition coefficient (Wildman–Crippen LogP) is 0.540. The third-order valence-electron chi connectivity index (χ3n) is 3.62. The summed E-state index contributed by atoms with van der Waals surface area (Å²) < 4.78 is 4.49. The van der Waals surface area contributed by atoms with Crippen molar-refractivity contribution in [2.24, 2.45) is 0 Å². The number of carboxylic acids is 1. The van der Waals surface area contributed by atoms with Gasteiger partial charge in [-0.15, -0.1) is 0 Å². The van der Waals surface area contributed by atoms with Crippen molar-refractivity contribution in [3.8, 4) is 0 Å². The lowest BCUT2D eigenvalue weighted by Crippen LogP contribution is -2.56. The highest BCUT2D eigenvalue weighted by atomic mass is 16.5. The molecule has 1 unspecified atom stereocenters. The van der Waals surface area contributed by atoms with E-state index in [9.17, 15) is 19.5 Å². The van der Waals surface area contributed by atoms with Gasteiger partial charge in [-0.25, -0.2) is 9.59 Å². The van der Waals surface area contributed by atoms with E-state index in [1.165, 1.54) is 24.0 Å². The Kier molecular flexibility index (Phi) is 4.74. The normalized spacial score (nSPS) is 22.2. The molecule has 0 radical (unpaired) electrons. The zero-order valence-electron chi connectivity index (χ0n) is 11.5. The molecule has 1 heterocycles. The topological polar surface area (TPSA) is 87.2 Å². The zero-order chi connectivity index (χ0) is 14.6. The lowest BCUT2D eigenvalue weighted by molar-refractivity contribution is -0.148. The summed E-state index contributed by atoms with van der Waals surface area (Å²) in [6.45, 7) is 1.95. The van der Waals surface area contributed by atoms with Crippen molar-refractivity contribution in [3.05, 3.63) is 0 Å². The number of rotatable bonds is 4. The maximum absolute atomic E-state index is 12.3. The molecular formula is C12H20N2O5. The third-order valence-corrected chi connectivity index (χ3v) is 3.62. The molecule has 108 valence electrons. The molecule has 1 aliphatic heterocycles. The molecule has 19 heavy (non-hydrogen) atoms. The Bertz CT molecular complexity index is 384. The maximum atomic E-state index is 12.3. The number of hydrogen-bond donors (Lipinski definition) is 1. The van der Waals surface area contributed by atoms with Crippen LogP contribution in [-0.4, -0.2) is 65.7 Å². The molecule has 0 aliphatic carbocycles. The molecule has 2 amide bonds. The molecule has 7 nitrogen and oxygen atoms in total. The van der Waals surface area contributed by atoms with Crippen LogP contribution in [0.2, 0.25) is 0 Å². The van der Waals surface area contributed by atoms with Crippen LogP contribution in [0, 0.1) is 0 Å². The maximum Gasteiger partial charge on any atom is 0.329 e. The van der Waals surface area contributed by atoms with Crippen LogP contribution in [0.25, 0.3) is 0 Å². The molecule has 0 aromatic heterocycles. The molecule has 1 N–H and O–H groups in total. The molecule has 1 aliphatic rings. The molecule has 0 aromatic carbocycles. The monoisotopic (exact) mass is 272 g/mol. The first-order valence-corrected chi connectivity index (χ1v) is 6.22. The van der Waals surface area contributed by atoms with Gasteiger partial charge in [0.15, 0.2) is 0 Å². The molecule has 0 spiro atoms. The number of hydrogen-bond acceptors (Lipinski definition) is 4. The van der Waals surface area contributed by atoms with Crippen molar-refractivity contribution in [1.82, 2.24) is 9.80 Å². The second-order valence-electron chi connectivity index (χ2n) is 4.66. The van der Waals surface area contributed by atoms with Gasteiger partial charge in [0.05, 0.1) is 7.11 Å². The van der Waals surface area contributed by atoms with Crippen LogP contribution >= 0.6 is 0 Å². The van der Waals surface area contributed by atoms with Gasteiger partial charge in [-0.1, -0.05) is 6.92 Å². The summed E-state index contributed by atoms with van der Waals surface area (Å²) in [6, 6.07) is -0.452. The Morgan fingerprint density at radius 2 is 2.05 bits per heavy atom. The van der Waals surface area contributed by atoms with Crippen LogP contribution in [0.1, 0.15) is 26.2 Å². The van der Waals surface area contributed by atoms with Crippen molar-refractivity contribution in [2.45, 2.75) is 31.7 Å². The summed E-state index contributed by atoms with van der Waals surface area (Å²) in [5, 5.41) is 9.39. The summed E-state index contributed by atoms with van der Waals surface area (Å²) >= 11 is 0. The van der Waals surface area contributed by atoms with Crippen molar-refractivity contribution >= 4 is 18.0 Å². The summed E-state index contributed by atoms with van der Waals surface area (Å²) in [6.07, 6.45) is 1.44. The van der Waals surface area contributed by atoms with Gasteiger partial charge in [-0.3, -0.25) is 4.79 Å². The van der Waals surface area contributed by atoms with E-state index in [0.29, 0.717) is 25.8 Å². The fraction of sp³-hybridized carbons (Fsp3) is 0.750. The largest absolute Gasteiger partial charge is 0.479 e. The Hall–Kier alpha value is -1.79. The first kappa shape index (κ1) is 15.3. The number of urea groups is 1. The molecule has 1 saturated heterocycles. The molecule has 7 heteroatoms. The third kappa shape index (κ3) is 2.80. The molecule has 0 bridgehead atoms. The number of carbonyl (C=O) groups is 3. The van der Waals surface area contributed by atoms with Crippen LogP contribution in [0.3, 0.4) is 0 Å². The fourth-order valence-electron chi connectivity index (χ4n) is 2.43. The molecule has 0 aromatic rings. The van der Waals surface area contributed by atoms with E-state index in [0.717, 1.165) is 0 Å².